The third kappa shape index (κ3) is 2.66. The lowest BCUT2D eigenvalue weighted by Crippen LogP contribution is -2.12. The maximum Gasteiger partial charge on any atom is 0.147 e. The molecule has 0 atom stereocenters. The first-order valence-corrected chi connectivity index (χ1v) is 3.42. The standard InChI is InChI=1S/C8H11FN2.ClH/c1-8(2,9)6-4-3-5-7(10)11-6;/h3-5H,1-2H3,(H2,10,11);1H. The summed E-state index contributed by atoms with van der Waals surface area (Å²) in [6.45, 7) is 2.91. The molecule has 2 N–H and O–H groups in total. The van der Waals surface area contributed by atoms with Gasteiger partial charge in [0.05, 0.1) is 5.69 Å². The molecule has 1 heterocycles. The van der Waals surface area contributed by atoms with Gasteiger partial charge in [-0.2, -0.15) is 0 Å². The summed E-state index contributed by atoms with van der Waals surface area (Å²) in [5, 5.41) is 0. The predicted octanol–water partition coefficient (Wildman–Crippen LogP) is 2.29. The first-order chi connectivity index (χ1) is 5.00. The second-order valence-electron chi connectivity index (χ2n) is 2.92. The second-order valence-corrected chi connectivity index (χ2v) is 2.92. The maximum absolute atomic E-state index is 13.2. The molecule has 68 valence electrons. The number of rotatable bonds is 1. The molecule has 1 rings (SSSR count). The lowest BCUT2D eigenvalue weighted by atomic mass is 10.1. The van der Waals surface area contributed by atoms with Crippen LogP contribution in [0.2, 0.25) is 0 Å². The summed E-state index contributed by atoms with van der Waals surface area (Å²) in [5.74, 6) is 0.355. The van der Waals surface area contributed by atoms with Gasteiger partial charge in [-0.3, -0.25) is 0 Å². The van der Waals surface area contributed by atoms with E-state index in [-0.39, 0.29) is 12.4 Å². The summed E-state index contributed by atoms with van der Waals surface area (Å²) in [7, 11) is 0. The zero-order chi connectivity index (χ0) is 8.48. The molecule has 0 radical (unpaired) electrons. The van der Waals surface area contributed by atoms with Gasteiger partial charge in [-0.25, -0.2) is 9.37 Å². The average molecular weight is 191 g/mol. The normalized spacial score (nSPS) is 10.6. The van der Waals surface area contributed by atoms with E-state index in [2.05, 4.69) is 4.98 Å². The minimum Gasteiger partial charge on any atom is -0.384 e. The first-order valence-electron chi connectivity index (χ1n) is 3.42. The van der Waals surface area contributed by atoms with Crippen LogP contribution in [0.1, 0.15) is 19.5 Å². The van der Waals surface area contributed by atoms with Crippen molar-refractivity contribution < 1.29 is 4.39 Å². The number of pyridine rings is 1. The highest BCUT2D eigenvalue weighted by atomic mass is 35.5. The number of alkyl halides is 1. The van der Waals surface area contributed by atoms with Crippen molar-refractivity contribution in [2.24, 2.45) is 0 Å². The van der Waals surface area contributed by atoms with Gasteiger partial charge < -0.3 is 5.73 Å². The second kappa shape index (κ2) is 3.72. The maximum atomic E-state index is 13.2. The molecule has 1 aromatic heterocycles. The van der Waals surface area contributed by atoms with Gasteiger partial charge in [0.2, 0.25) is 0 Å². The molecule has 0 amide bonds. The van der Waals surface area contributed by atoms with E-state index in [0.29, 0.717) is 11.5 Å². The highest BCUT2D eigenvalue weighted by molar-refractivity contribution is 5.85. The zero-order valence-corrected chi connectivity index (χ0v) is 7.86. The van der Waals surface area contributed by atoms with E-state index in [4.69, 9.17) is 5.73 Å². The van der Waals surface area contributed by atoms with Gasteiger partial charge >= 0.3 is 0 Å². The Balaban J connectivity index is 0.00000121. The molecular weight excluding hydrogens is 179 g/mol. The highest BCUT2D eigenvalue weighted by Gasteiger charge is 2.19. The predicted molar refractivity (Wildman–Crippen MR) is 50.0 cm³/mol. The minimum absolute atomic E-state index is 0. The van der Waals surface area contributed by atoms with Crippen LogP contribution in [0.3, 0.4) is 0 Å². The van der Waals surface area contributed by atoms with Crippen LogP contribution in [-0.4, -0.2) is 4.98 Å². The molecule has 0 aliphatic carbocycles. The molecule has 2 nitrogen and oxygen atoms in total. The fourth-order valence-electron chi connectivity index (χ4n) is 0.783. The largest absolute Gasteiger partial charge is 0.384 e. The molecule has 0 fully saturated rings. The average Bonchev–Trinajstić information content (AvgIpc) is 1.86. The van der Waals surface area contributed by atoms with Gasteiger partial charge in [0.25, 0.3) is 0 Å². The molecule has 0 aromatic carbocycles. The van der Waals surface area contributed by atoms with Crippen molar-refractivity contribution in [3.8, 4) is 0 Å². The highest BCUT2D eigenvalue weighted by Crippen LogP contribution is 2.22. The minimum atomic E-state index is -1.41. The summed E-state index contributed by atoms with van der Waals surface area (Å²) < 4.78 is 13.2. The molecule has 1 aromatic rings. The third-order valence-electron chi connectivity index (χ3n) is 1.38. The van der Waals surface area contributed by atoms with Crippen molar-refractivity contribution >= 4 is 18.2 Å². The number of anilines is 1. The van der Waals surface area contributed by atoms with Crippen molar-refractivity contribution in [3.05, 3.63) is 23.9 Å². The monoisotopic (exact) mass is 190 g/mol. The lowest BCUT2D eigenvalue weighted by Gasteiger charge is -2.12. The van der Waals surface area contributed by atoms with E-state index in [1.54, 1.807) is 18.2 Å². The van der Waals surface area contributed by atoms with E-state index < -0.39 is 5.67 Å². The van der Waals surface area contributed by atoms with Crippen molar-refractivity contribution in [3.63, 3.8) is 0 Å². The SMILES string of the molecule is CC(C)(F)c1cccc(N)n1.Cl. The van der Waals surface area contributed by atoms with Crippen molar-refractivity contribution in [1.29, 1.82) is 0 Å². The molecular formula is C8H12ClFN2. The van der Waals surface area contributed by atoms with Crippen LogP contribution in [-0.2, 0) is 5.67 Å². The van der Waals surface area contributed by atoms with Crippen LogP contribution < -0.4 is 5.73 Å². The molecule has 0 bridgehead atoms. The van der Waals surface area contributed by atoms with Gasteiger partial charge in [0, 0.05) is 0 Å². The fraction of sp³-hybridized carbons (Fsp3) is 0.375. The van der Waals surface area contributed by atoms with E-state index in [1.165, 1.54) is 13.8 Å². The summed E-state index contributed by atoms with van der Waals surface area (Å²) >= 11 is 0. The molecule has 0 aliphatic heterocycles. The van der Waals surface area contributed by atoms with Crippen molar-refractivity contribution in [2.45, 2.75) is 19.5 Å². The Kier molecular flexibility index (Phi) is 3.46. The number of nitrogens with two attached hydrogens (primary N) is 1. The summed E-state index contributed by atoms with van der Waals surface area (Å²) in [6.07, 6.45) is 0. The Morgan fingerprint density at radius 3 is 2.33 bits per heavy atom. The number of nitrogen functional groups attached to an aromatic ring is 1. The van der Waals surface area contributed by atoms with Gasteiger partial charge in [0.1, 0.15) is 11.5 Å². The quantitative estimate of drug-likeness (QED) is 0.738. The van der Waals surface area contributed by atoms with Crippen molar-refractivity contribution in [1.82, 2.24) is 4.98 Å². The lowest BCUT2D eigenvalue weighted by molar-refractivity contribution is 0.214. The third-order valence-corrected chi connectivity index (χ3v) is 1.38. The van der Waals surface area contributed by atoms with E-state index in [0.717, 1.165) is 0 Å². The van der Waals surface area contributed by atoms with E-state index >= 15 is 0 Å². The summed E-state index contributed by atoms with van der Waals surface area (Å²) in [5.41, 5.74) is 4.34. The summed E-state index contributed by atoms with van der Waals surface area (Å²) in [4.78, 5) is 3.85. The molecule has 12 heavy (non-hydrogen) atoms. The Morgan fingerprint density at radius 2 is 2.00 bits per heavy atom. The van der Waals surface area contributed by atoms with Gasteiger partial charge in [-0.15, -0.1) is 12.4 Å². The number of hydrogen-bond donors (Lipinski definition) is 1. The van der Waals surface area contributed by atoms with Crippen LogP contribution >= 0.6 is 12.4 Å². The summed E-state index contributed by atoms with van der Waals surface area (Å²) in [6, 6.07) is 4.95. The van der Waals surface area contributed by atoms with Crippen LogP contribution in [0.15, 0.2) is 18.2 Å². The molecule has 0 saturated carbocycles. The van der Waals surface area contributed by atoms with Gasteiger partial charge in [-0.05, 0) is 26.0 Å². The Morgan fingerprint density at radius 1 is 1.42 bits per heavy atom. The molecule has 4 heteroatoms. The molecule has 0 spiro atoms. The Hall–Kier alpha value is -0.830. The zero-order valence-electron chi connectivity index (χ0n) is 7.04. The topological polar surface area (TPSA) is 38.9 Å². The fourth-order valence-corrected chi connectivity index (χ4v) is 0.783. The van der Waals surface area contributed by atoms with Crippen LogP contribution in [0.4, 0.5) is 10.2 Å². The van der Waals surface area contributed by atoms with Crippen molar-refractivity contribution in [2.75, 3.05) is 5.73 Å². The number of aromatic nitrogens is 1. The van der Waals surface area contributed by atoms with Crippen LogP contribution in [0, 0.1) is 0 Å². The van der Waals surface area contributed by atoms with Gasteiger partial charge in [0.15, 0.2) is 0 Å². The first kappa shape index (κ1) is 11.2. The van der Waals surface area contributed by atoms with E-state index in [1.807, 2.05) is 0 Å². The Bertz CT molecular complexity index is 257. The Labute approximate surface area is 77.4 Å². The molecule has 0 saturated heterocycles. The number of hydrogen-bond acceptors (Lipinski definition) is 2. The van der Waals surface area contributed by atoms with Crippen LogP contribution in [0.5, 0.6) is 0 Å². The van der Waals surface area contributed by atoms with E-state index in [9.17, 15) is 4.39 Å². The van der Waals surface area contributed by atoms with Crippen LogP contribution in [0.25, 0.3) is 0 Å². The number of halogens is 2. The molecule has 0 aliphatic rings. The smallest absolute Gasteiger partial charge is 0.147 e. The molecule has 0 unspecified atom stereocenters. The number of nitrogens with zero attached hydrogens (tertiary/aromatic N) is 1. The van der Waals surface area contributed by atoms with Gasteiger partial charge in [-0.1, -0.05) is 6.07 Å².